The van der Waals surface area contributed by atoms with E-state index in [1.54, 1.807) is 17.5 Å². The highest BCUT2D eigenvalue weighted by Gasteiger charge is 2.16. The standard InChI is InChI=1S/C8H13NOS/c1-3-7(6(2)10)8-9-4-5-11-8/h4-7,10H,3H2,1-2H3. The molecule has 2 nitrogen and oxygen atoms in total. The van der Waals surface area contributed by atoms with Crippen molar-refractivity contribution in [3.63, 3.8) is 0 Å². The number of hydrogen-bond donors (Lipinski definition) is 1. The molecule has 0 saturated heterocycles. The van der Waals surface area contributed by atoms with Crippen LogP contribution in [0.15, 0.2) is 11.6 Å². The summed E-state index contributed by atoms with van der Waals surface area (Å²) in [6.45, 7) is 3.88. The van der Waals surface area contributed by atoms with Gasteiger partial charge >= 0.3 is 0 Å². The molecule has 0 aliphatic heterocycles. The van der Waals surface area contributed by atoms with Crippen LogP contribution in [0, 0.1) is 0 Å². The minimum atomic E-state index is -0.286. The third-order valence-corrected chi connectivity index (χ3v) is 2.70. The Morgan fingerprint density at radius 2 is 2.45 bits per heavy atom. The molecule has 1 N–H and O–H groups in total. The van der Waals surface area contributed by atoms with Crippen LogP contribution in [0.3, 0.4) is 0 Å². The van der Waals surface area contributed by atoms with Gasteiger partial charge in [-0.25, -0.2) is 4.98 Å². The van der Waals surface area contributed by atoms with E-state index in [1.165, 1.54) is 0 Å². The molecule has 1 heterocycles. The van der Waals surface area contributed by atoms with Crippen LogP contribution >= 0.6 is 11.3 Å². The van der Waals surface area contributed by atoms with Crippen molar-refractivity contribution in [1.29, 1.82) is 0 Å². The number of aliphatic hydroxyl groups excluding tert-OH is 1. The van der Waals surface area contributed by atoms with Gasteiger partial charge in [0.1, 0.15) is 0 Å². The summed E-state index contributed by atoms with van der Waals surface area (Å²) >= 11 is 1.61. The second-order valence-electron chi connectivity index (χ2n) is 2.63. The van der Waals surface area contributed by atoms with Crippen molar-refractivity contribution < 1.29 is 5.11 Å². The van der Waals surface area contributed by atoms with E-state index in [4.69, 9.17) is 0 Å². The average Bonchev–Trinajstić information content (AvgIpc) is 2.40. The fourth-order valence-corrected chi connectivity index (χ4v) is 2.06. The van der Waals surface area contributed by atoms with Crippen LogP contribution in [0.5, 0.6) is 0 Å². The lowest BCUT2D eigenvalue weighted by Gasteiger charge is -2.14. The smallest absolute Gasteiger partial charge is 0.0981 e. The fraction of sp³-hybridized carbons (Fsp3) is 0.625. The van der Waals surface area contributed by atoms with E-state index in [9.17, 15) is 5.11 Å². The summed E-state index contributed by atoms with van der Waals surface area (Å²) in [6.07, 6.45) is 2.45. The zero-order valence-electron chi connectivity index (χ0n) is 6.82. The Morgan fingerprint density at radius 3 is 2.82 bits per heavy atom. The molecule has 2 unspecified atom stereocenters. The number of rotatable bonds is 3. The van der Waals surface area contributed by atoms with Gasteiger partial charge in [-0.2, -0.15) is 0 Å². The SMILES string of the molecule is CCC(c1nccs1)C(C)O. The first-order valence-electron chi connectivity index (χ1n) is 3.83. The molecule has 0 aliphatic rings. The summed E-state index contributed by atoms with van der Waals surface area (Å²) in [5.41, 5.74) is 0. The molecule has 62 valence electrons. The van der Waals surface area contributed by atoms with E-state index in [0.29, 0.717) is 0 Å². The second kappa shape index (κ2) is 3.83. The van der Waals surface area contributed by atoms with Crippen molar-refractivity contribution in [2.24, 2.45) is 0 Å². The molecular formula is C8H13NOS. The van der Waals surface area contributed by atoms with Gasteiger partial charge in [-0.3, -0.25) is 0 Å². The van der Waals surface area contributed by atoms with E-state index in [2.05, 4.69) is 11.9 Å². The van der Waals surface area contributed by atoms with Gasteiger partial charge in [0, 0.05) is 17.5 Å². The first kappa shape index (κ1) is 8.68. The number of hydrogen-bond acceptors (Lipinski definition) is 3. The molecule has 11 heavy (non-hydrogen) atoms. The van der Waals surface area contributed by atoms with Gasteiger partial charge in [0.2, 0.25) is 0 Å². The molecule has 0 radical (unpaired) electrons. The molecule has 0 spiro atoms. The molecule has 1 aromatic heterocycles. The molecule has 0 amide bonds. The lowest BCUT2D eigenvalue weighted by atomic mass is 10.0. The Kier molecular flexibility index (Phi) is 3.02. The summed E-state index contributed by atoms with van der Waals surface area (Å²) < 4.78 is 0. The molecule has 1 aromatic rings. The lowest BCUT2D eigenvalue weighted by Crippen LogP contribution is -2.13. The second-order valence-corrected chi connectivity index (χ2v) is 3.55. The van der Waals surface area contributed by atoms with Gasteiger partial charge < -0.3 is 5.11 Å². The summed E-state index contributed by atoms with van der Waals surface area (Å²) in [5, 5.41) is 12.3. The molecule has 2 atom stereocenters. The topological polar surface area (TPSA) is 33.1 Å². The predicted octanol–water partition coefficient (Wildman–Crippen LogP) is 2.02. The Bertz CT molecular complexity index is 196. The molecule has 0 bridgehead atoms. The highest BCUT2D eigenvalue weighted by molar-refractivity contribution is 7.09. The molecular weight excluding hydrogens is 158 g/mol. The molecule has 0 fully saturated rings. The summed E-state index contributed by atoms with van der Waals surface area (Å²) in [6, 6.07) is 0. The number of aliphatic hydroxyl groups is 1. The fourth-order valence-electron chi connectivity index (χ4n) is 1.14. The van der Waals surface area contributed by atoms with Crippen LogP contribution in [0.2, 0.25) is 0 Å². The first-order chi connectivity index (χ1) is 5.25. The Labute approximate surface area is 70.9 Å². The normalized spacial score (nSPS) is 16.3. The Morgan fingerprint density at radius 1 is 1.73 bits per heavy atom. The van der Waals surface area contributed by atoms with Crippen molar-refractivity contribution in [3.05, 3.63) is 16.6 Å². The summed E-state index contributed by atoms with van der Waals surface area (Å²) in [7, 11) is 0. The van der Waals surface area contributed by atoms with Crippen molar-refractivity contribution in [2.75, 3.05) is 0 Å². The number of aromatic nitrogens is 1. The minimum absolute atomic E-state index is 0.218. The van der Waals surface area contributed by atoms with Crippen LogP contribution in [0.4, 0.5) is 0 Å². The number of nitrogens with zero attached hydrogens (tertiary/aromatic N) is 1. The van der Waals surface area contributed by atoms with Crippen molar-refractivity contribution >= 4 is 11.3 Å². The maximum absolute atomic E-state index is 9.35. The van der Waals surface area contributed by atoms with Crippen LogP contribution in [-0.4, -0.2) is 16.2 Å². The van der Waals surface area contributed by atoms with Crippen molar-refractivity contribution in [1.82, 2.24) is 4.98 Å². The summed E-state index contributed by atoms with van der Waals surface area (Å²) in [4.78, 5) is 4.17. The van der Waals surface area contributed by atoms with E-state index < -0.39 is 0 Å². The molecule has 0 aromatic carbocycles. The summed E-state index contributed by atoms with van der Waals surface area (Å²) in [5.74, 6) is 0.218. The minimum Gasteiger partial charge on any atom is -0.393 e. The van der Waals surface area contributed by atoms with Gasteiger partial charge in [-0.15, -0.1) is 11.3 Å². The van der Waals surface area contributed by atoms with Crippen LogP contribution in [0.25, 0.3) is 0 Å². The number of thiazole rings is 1. The van der Waals surface area contributed by atoms with Gasteiger partial charge in [-0.1, -0.05) is 6.92 Å². The third kappa shape index (κ3) is 2.01. The maximum atomic E-state index is 9.35. The van der Waals surface area contributed by atoms with Crippen molar-refractivity contribution in [3.8, 4) is 0 Å². The predicted molar refractivity (Wildman–Crippen MR) is 46.8 cm³/mol. The van der Waals surface area contributed by atoms with E-state index in [-0.39, 0.29) is 12.0 Å². The van der Waals surface area contributed by atoms with Crippen LogP contribution in [-0.2, 0) is 0 Å². The van der Waals surface area contributed by atoms with Crippen molar-refractivity contribution in [2.45, 2.75) is 32.3 Å². The Hall–Kier alpha value is -0.410. The maximum Gasteiger partial charge on any atom is 0.0981 e. The largest absolute Gasteiger partial charge is 0.393 e. The van der Waals surface area contributed by atoms with E-state index in [1.807, 2.05) is 12.3 Å². The third-order valence-electron chi connectivity index (χ3n) is 1.79. The van der Waals surface area contributed by atoms with E-state index >= 15 is 0 Å². The molecule has 1 rings (SSSR count). The van der Waals surface area contributed by atoms with Gasteiger partial charge in [0.25, 0.3) is 0 Å². The van der Waals surface area contributed by atoms with Gasteiger partial charge in [0.05, 0.1) is 11.1 Å². The van der Waals surface area contributed by atoms with Gasteiger partial charge in [-0.05, 0) is 13.3 Å². The Balaban J connectivity index is 2.71. The monoisotopic (exact) mass is 171 g/mol. The average molecular weight is 171 g/mol. The van der Waals surface area contributed by atoms with Crippen LogP contribution in [0.1, 0.15) is 31.2 Å². The molecule has 0 saturated carbocycles. The molecule has 3 heteroatoms. The highest BCUT2D eigenvalue weighted by Crippen LogP contribution is 2.24. The zero-order chi connectivity index (χ0) is 8.27. The lowest BCUT2D eigenvalue weighted by molar-refractivity contribution is 0.159. The quantitative estimate of drug-likeness (QED) is 0.754. The van der Waals surface area contributed by atoms with Gasteiger partial charge in [0.15, 0.2) is 0 Å². The molecule has 0 aliphatic carbocycles. The first-order valence-corrected chi connectivity index (χ1v) is 4.71. The highest BCUT2D eigenvalue weighted by atomic mass is 32.1. The van der Waals surface area contributed by atoms with Crippen LogP contribution < -0.4 is 0 Å². The van der Waals surface area contributed by atoms with E-state index in [0.717, 1.165) is 11.4 Å². The zero-order valence-corrected chi connectivity index (χ0v) is 7.64.